The van der Waals surface area contributed by atoms with Gasteiger partial charge in [0, 0.05) is 0 Å². The molecule has 2 rings (SSSR count). The van der Waals surface area contributed by atoms with Crippen LogP contribution in [-0.4, -0.2) is 14.5 Å². The molecule has 0 aliphatic heterocycles. The lowest BCUT2D eigenvalue weighted by molar-refractivity contribution is -0.658. The Balaban J connectivity index is 2.91. The Bertz CT molecular complexity index is 486. The highest BCUT2D eigenvalue weighted by molar-refractivity contribution is 5.78. The minimum Gasteiger partial charge on any atom is -0.368 e. The molecule has 0 amide bonds. The van der Waals surface area contributed by atoms with Gasteiger partial charge in [-0.15, -0.1) is 0 Å². The van der Waals surface area contributed by atoms with Crippen LogP contribution >= 0.6 is 0 Å². The lowest BCUT2D eigenvalue weighted by Gasteiger charge is -2.01. The van der Waals surface area contributed by atoms with Gasteiger partial charge in [-0.1, -0.05) is 4.98 Å². The predicted octanol–water partition coefficient (Wildman–Crippen LogP) is -1.17. The van der Waals surface area contributed by atoms with Gasteiger partial charge >= 0.3 is 0 Å². The molecule has 0 saturated heterocycles. The van der Waals surface area contributed by atoms with Gasteiger partial charge in [-0.2, -0.15) is 0 Å². The molecule has 0 aliphatic carbocycles. The van der Waals surface area contributed by atoms with Crippen LogP contribution in [0.2, 0.25) is 0 Å². The van der Waals surface area contributed by atoms with E-state index >= 15 is 0 Å². The summed E-state index contributed by atoms with van der Waals surface area (Å²) in [6.45, 7) is 0.363. The fourth-order valence-electron chi connectivity index (χ4n) is 1.57. The number of nitrogens with two attached hydrogens (primary N) is 2. The molecule has 0 bridgehead atoms. The lowest BCUT2D eigenvalue weighted by Crippen LogP contribution is -2.39. The normalized spacial score (nSPS) is 11.1. The van der Waals surface area contributed by atoms with Crippen molar-refractivity contribution in [3.63, 3.8) is 0 Å². The first-order valence-electron chi connectivity index (χ1n) is 4.30. The highest BCUT2D eigenvalue weighted by Crippen LogP contribution is 2.12. The molecule has 0 saturated carbocycles. The van der Waals surface area contributed by atoms with Gasteiger partial charge in [-0.25, -0.2) is 9.55 Å². The summed E-state index contributed by atoms with van der Waals surface area (Å²) in [5, 5.41) is 0. The molecule has 14 heavy (non-hydrogen) atoms. The molecule has 6 nitrogen and oxygen atoms in total. The maximum absolute atomic E-state index is 5.76. The van der Waals surface area contributed by atoms with Crippen LogP contribution in [0, 0.1) is 0 Å². The Morgan fingerprint density at radius 2 is 2.29 bits per heavy atom. The van der Waals surface area contributed by atoms with Crippen LogP contribution in [0.1, 0.15) is 5.82 Å². The van der Waals surface area contributed by atoms with Crippen LogP contribution in [0.5, 0.6) is 0 Å². The fourth-order valence-corrected chi connectivity index (χ4v) is 1.57. The van der Waals surface area contributed by atoms with Crippen molar-refractivity contribution in [2.45, 2.75) is 6.54 Å². The minimum absolute atomic E-state index is 0.363. The molecule has 0 aromatic carbocycles. The number of anilines is 1. The van der Waals surface area contributed by atoms with Crippen LogP contribution in [0.3, 0.4) is 0 Å². The Labute approximate surface area is 81.2 Å². The summed E-state index contributed by atoms with van der Waals surface area (Å²) in [5.74, 6) is 1.18. The molecule has 2 aromatic heterocycles. The number of nitrogens with zero attached hydrogens (tertiary/aromatic N) is 4. The van der Waals surface area contributed by atoms with E-state index in [0.29, 0.717) is 17.9 Å². The smallest absolute Gasteiger partial charge is 0.260 e. The van der Waals surface area contributed by atoms with Gasteiger partial charge < -0.3 is 11.5 Å². The summed E-state index contributed by atoms with van der Waals surface area (Å²) in [6.07, 6.45) is 1.71. The highest BCUT2D eigenvalue weighted by atomic mass is 15.2. The van der Waals surface area contributed by atoms with Gasteiger partial charge in [0.05, 0.1) is 20.6 Å². The maximum Gasteiger partial charge on any atom is 0.260 e. The number of aryl methyl sites for hydroxylation is 2. The SMILES string of the molecule is Cn1cnc2c(N)nc(CN)[n+](C)c21. The summed E-state index contributed by atoms with van der Waals surface area (Å²) in [7, 11) is 3.81. The van der Waals surface area contributed by atoms with E-state index in [1.165, 1.54) is 0 Å². The summed E-state index contributed by atoms with van der Waals surface area (Å²) in [4.78, 5) is 8.34. The van der Waals surface area contributed by atoms with Crippen molar-refractivity contribution in [2.75, 3.05) is 5.73 Å². The van der Waals surface area contributed by atoms with Crippen molar-refractivity contribution in [1.29, 1.82) is 0 Å². The topological polar surface area (TPSA) is 86.6 Å². The molecule has 0 fully saturated rings. The van der Waals surface area contributed by atoms with Crippen LogP contribution in [0.4, 0.5) is 5.82 Å². The zero-order valence-corrected chi connectivity index (χ0v) is 8.23. The quantitative estimate of drug-likeness (QED) is 0.559. The third kappa shape index (κ3) is 1.04. The predicted molar refractivity (Wildman–Crippen MR) is 52.0 cm³/mol. The van der Waals surface area contributed by atoms with Crippen molar-refractivity contribution in [3.8, 4) is 0 Å². The maximum atomic E-state index is 5.76. The molecule has 2 heterocycles. The van der Waals surface area contributed by atoms with Gasteiger partial charge in [0.15, 0.2) is 11.8 Å². The largest absolute Gasteiger partial charge is 0.368 e. The number of nitrogen functional groups attached to an aromatic ring is 1. The first kappa shape index (κ1) is 8.89. The summed E-state index contributed by atoms with van der Waals surface area (Å²) in [6, 6.07) is 0. The van der Waals surface area contributed by atoms with Gasteiger partial charge in [0.2, 0.25) is 5.82 Å². The molecular weight excluding hydrogens is 180 g/mol. The highest BCUT2D eigenvalue weighted by Gasteiger charge is 2.18. The third-order valence-corrected chi connectivity index (χ3v) is 2.29. The molecular formula is C8H13N6+. The molecule has 6 heteroatoms. The number of hydrogen-bond donors (Lipinski definition) is 2. The van der Waals surface area contributed by atoms with Crippen LogP contribution in [-0.2, 0) is 20.6 Å². The van der Waals surface area contributed by atoms with E-state index in [4.69, 9.17) is 11.5 Å². The molecule has 0 spiro atoms. The molecule has 74 valence electrons. The Kier molecular flexibility index (Phi) is 1.85. The van der Waals surface area contributed by atoms with E-state index in [9.17, 15) is 0 Å². The molecule has 0 radical (unpaired) electrons. The van der Waals surface area contributed by atoms with E-state index in [2.05, 4.69) is 9.97 Å². The Hall–Kier alpha value is -1.69. The van der Waals surface area contributed by atoms with Gasteiger partial charge in [0.25, 0.3) is 11.5 Å². The van der Waals surface area contributed by atoms with E-state index in [1.54, 1.807) is 6.33 Å². The van der Waals surface area contributed by atoms with Crippen LogP contribution in [0.15, 0.2) is 6.33 Å². The van der Waals surface area contributed by atoms with Crippen molar-refractivity contribution in [3.05, 3.63) is 12.2 Å². The molecule has 0 atom stereocenters. The number of rotatable bonds is 1. The minimum atomic E-state index is 0.363. The average molecular weight is 193 g/mol. The van der Waals surface area contributed by atoms with E-state index in [1.807, 2.05) is 23.2 Å². The van der Waals surface area contributed by atoms with Crippen LogP contribution < -0.4 is 16.0 Å². The van der Waals surface area contributed by atoms with Crippen LogP contribution in [0.25, 0.3) is 11.2 Å². The first-order valence-corrected chi connectivity index (χ1v) is 4.30. The second-order valence-corrected chi connectivity index (χ2v) is 3.20. The Morgan fingerprint density at radius 3 is 2.93 bits per heavy atom. The van der Waals surface area contributed by atoms with E-state index in [-0.39, 0.29) is 0 Å². The standard InChI is InChI=1S/C8H12N6/c1-13-4-11-6-7(10)12-5(3-9)14(2)8(6)13/h4,10H,3,9H2,1-2H3/p+1. The monoisotopic (exact) mass is 193 g/mol. The van der Waals surface area contributed by atoms with Crippen molar-refractivity contribution in [2.24, 2.45) is 19.8 Å². The average Bonchev–Trinajstić information content (AvgIpc) is 2.54. The third-order valence-electron chi connectivity index (χ3n) is 2.29. The van der Waals surface area contributed by atoms with Crippen molar-refractivity contribution >= 4 is 17.0 Å². The zero-order valence-electron chi connectivity index (χ0n) is 8.23. The zero-order chi connectivity index (χ0) is 10.3. The Morgan fingerprint density at radius 1 is 1.57 bits per heavy atom. The van der Waals surface area contributed by atoms with E-state index in [0.717, 1.165) is 11.5 Å². The fraction of sp³-hybridized carbons (Fsp3) is 0.375. The van der Waals surface area contributed by atoms with Gasteiger partial charge in [-0.05, 0) is 0 Å². The van der Waals surface area contributed by atoms with E-state index < -0.39 is 0 Å². The molecule has 2 aromatic rings. The van der Waals surface area contributed by atoms with Gasteiger partial charge in [0.1, 0.15) is 0 Å². The second-order valence-electron chi connectivity index (χ2n) is 3.20. The number of fused-ring (bicyclic) bond motifs is 1. The summed E-state index contributed by atoms with van der Waals surface area (Å²) < 4.78 is 3.80. The first-order chi connectivity index (χ1) is 6.65. The molecule has 4 N–H and O–H groups in total. The molecule has 0 unspecified atom stereocenters. The number of hydrogen-bond acceptors (Lipinski definition) is 4. The lowest BCUT2D eigenvalue weighted by atomic mass is 10.4. The summed E-state index contributed by atoms with van der Waals surface area (Å²) in [5.41, 5.74) is 13.0. The van der Waals surface area contributed by atoms with Crippen molar-refractivity contribution in [1.82, 2.24) is 14.5 Å². The summed E-state index contributed by atoms with van der Waals surface area (Å²) >= 11 is 0. The van der Waals surface area contributed by atoms with Gasteiger partial charge in [-0.3, -0.25) is 4.57 Å². The number of aromatic nitrogens is 4. The molecule has 0 aliphatic rings. The van der Waals surface area contributed by atoms with Crippen molar-refractivity contribution < 1.29 is 4.57 Å². The number of imidazole rings is 1. The second kappa shape index (κ2) is 2.91.